The lowest BCUT2D eigenvalue weighted by molar-refractivity contribution is -0.230. The Morgan fingerprint density at radius 3 is 2.50 bits per heavy atom. The maximum Gasteiger partial charge on any atom is 0.398 e. The molecule has 0 radical (unpaired) electrons. The van der Waals surface area contributed by atoms with Crippen LogP contribution in [-0.4, -0.2) is 48.3 Å². The minimum Gasteiger partial charge on any atom is -0.395 e. The number of amides is 1. The first-order chi connectivity index (χ1) is 7.36. The molecule has 0 bridgehead atoms. The molecule has 1 aliphatic heterocycles. The van der Waals surface area contributed by atoms with Crippen molar-refractivity contribution in [3.05, 3.63) is 0 Å². The molecular weight excluding hydrogens is 225 g/mol. The lowest BCUT2D eigenvalue weighted by atomic mass is 9.87. The number of carbonyl (C=O) groups excluding carboxylic acids is 1. The normalized spacial score (nSPS) is 26.2. The summed E-state index contributed by atoms with van der Waals surface area (Å²) in [6.45, 7) is -1.30. The van der Waals surface area contributed by atoms with Crippen LogP contribution in [0.3, 0.4) is 0 Å². The van der Waals surface area contributed by atoms with E-state index in [1.807, 2.05) is 0 Å². The van der Waals surface area contributed by atoms with E-state index in [1.54, 1.807) is 0 Å². The quantitative estimate of drug-likeness (QED) is 0.735. The van der Waals surface area contributed by atoms with E-state index >= 15 is 0 Å². The Balaban J connectivity index is 2.72. The van der Waals surface area contributed by atoms with Gasteiger partial charge in [-0.05, 0) is 6.42 Å². The van der Waals surface area contributed by atoms with E-state index in [4.69, 9.17) is 10.8 Å². The van der Waals surface area contributed by atoms with Gasteiger partial charge >= 0.3 is 6.18 Å². The standard InChI is InChI=1S/C9H15F3N2O2/c10-9(11,12)8(6-15)2-4-14(5-8)7(16)1-3-13/h15H,1-6,13H2. The van der Waals surface area contributed by atoms with Crippen molar-refractivity contribution in [1.82, 2.24) is 4.90 Å². The molecule has 1 unspecified atom stereocenters. The summed E-state index contributed by atoms with van der Waals surface area (Å²) in [6.07, 6.45) is -4.69. The molecular formula is C9H15F3N2O2. The number of likely N-dealkylation sites (tertiary alicyclic amines) is 1. The molecule has 0 saturated carbocycles. The monoisotopic (exact) mass is 240 g/mol. The number of aliphatic hydroxyl groups excluding tert-OH is 1. The fourth-order valence-electron chi connectivity index (χ4n) is 1.82. The summed E-state index contributed by atoms with van der Waals surface area (Å²) in [5.41, 5.74) is 3.01. The summed E-state index contributed by atoms with van der Waals surface area (Å²) in [7, 11) is 0. The third kappa shape index (κ3) is 2.30. The molecule has 0 aliphatic carbocycles. The zero-order valence-electron chi connectivity index (χ0n) is 8.76. The van der Waals surface area contributed by atoms with E-state index in [2.05, 4.69) is 0 Å². The Bertz CT molecular complexity index is 270. The van der Waals surface area contributed by atoms with Crippen LogP contribution in [-0.2, 0) is 4.79 Å². The highest BCUT2D eigenvalue weighted by atomic mass is 19.4. The van der Waals surface area contributed by atoms with Gasteiger partial charge in [0.1, 0.15) is 5.41 Å². The molecule has 0 aromatic rings. The molecule has 1 saturated heterocycles. The highest BCUT2D eigenvalue weighted by molar-refractivity contribution is 5.76. The van der Waals surface area contributed by atoms with Gasteiger partial charge in [0.2, 0.25) is 5.91 Å². The van der Waals surface area contributed by atoms with Crippen LogP contribution in [0.4, 0.5) is 13.2 Å². The van der Waals surface area contributed by atoms with Gasteiger partial charge in [0.15, 0.2) is 0 Å². The largest absolute Gasteiger partial charge is 0.398 e. The Hall–Kier alpha value is -0.820. The second kappa shape index (κ2) is 4.58. The Morgan fingerprint density at radius 2 is 2.12 bits per heavy atom. The molecule has 1 rings (SSSR count). The number of halogens is 3. The van der Waals surface area contributed by atoms with Crippen LogP contribution < -0.4 is 5.73 Å². The maximum absolute atomic E-state index is 12.7. The smallest absolute Gasteiger partial charge is 0.395 e. The van der Waals surface area contributed by atoms with E-state index in [0.29, 0.717) is 0 Å². The molecule has 1 fully saturated rings. The van der Waals surface area contributed by atoms with E-state index < -0.39 is 24.7 Å². The molecule has 94 valence electrons. The fourth-order valence-corrected chi connectivity index (χ4v) is 1.82. The molecule has 3 N–H and O–H groups in total. The third-order valence-electron chi connectivity index (χ3n) is 2.97. The molecule has 7 heteroatoms. The van der Waals surface area contributed by atoms with Crippen LogP contribution in [0.5, 0.6) is 0 Å². The van der Waals surface area contributed by atoms with Gasteiger partial charge in [-0.2, -0.15) is 13.2 Å². The van der Waals surface area contributed by atoms with Crippen molar-refractivity contribution in [1.29, 1.82) is 0 Å². The number of alkyl halides is 3. The second-order valence-corrected chi connectivity index (χ2v) is 4.04. The summed E-state index contributed by atoms with van der Waals surface area (Å²) in [6, 6.07) is 0. The average Bonchev–Trinajstić information content (AvgIpc) is 2.62. The topological polar surface area (TPSA) is 66.6 Å². The van der Waals surface area contributed by atoms with Crippen molar-refractivity contribution in [2.45, 2.75) is 19.0 Å². The number of rotatable bonds is 3. The van der Waals surface area contributed by atoms with Gasteiger partial charge in [-0.1, -0.05) is 0 Å². The maximum atomic E-state index is 12.7. The molecule has 1 aliphatic rings. The minimum atomic E-state index is -4.49. The van der Waals surface area contributed by atoms with Crippen molar-refractivity contribution >= 4 is 5.91 Å². The molecule has 1 heterocycles. The average molecular weight is 240 g/mol. The molecule has 4 nitrogen and oxygen atoms in total. The van der Waals surface area contributed by atoms with Gasteiger partial charge in [0.05, 0.1) is 6.61 Å². The predicted molar refractivity (Wildman–Crippen MR) is 50.4 cm³/mol. The molecule has 16 heavy (non-hydrogen) atoms. The van der Waals surface area contributed by atoms with Crippen LogP contribution in [0.15, 0.2) is 0 Å². The third-order valence-corrected chi connectivity index (χ3v) is 2.97. The Kier molecular flexibility index (Phi) is 3.80. The van der Waals surface area contributed by atoms with Crippen molar-refractivity contribution in [2.75, 3.05) is 26.2 Å². The van der Waals surface area contributed by atoms with Crippen LogP contribution in [0, 0.1) is 5.41 Å². The summed E-state index contributed by atoms with van der Waals surface area (Å²) >= 11 is 0. The molecule has 0 aromatic heterocycles. The SMILES string of the molecule is NCCC(=O)N1CCC(CO)(C(F)(F)F)C1. The van der Waals surface area contributed by atoms with Gasteiger partial charge < -0.3 is 15.7 Å². The molecule has 0 spiro atoms. The molecule has 1 atom stereocenters. The zero-order chi connectivity index (χ0) is 12.4. The summed E-state index contributed by atoms with van der Waals surface area (Å²) in [5.74, 6) is -0.387. The summed E-state index contributed by atoms with van der Waals surface area (Å²) < 4.78 is 38.1. The fraction of sp³-hybridized carbons (Fsp3) is 0.889. The van der Waals surface area contributed by atoms with Crippen LogP contribution in [0.25, 0.3) is 0 Å². The number of hydrogen-bond donors (Lipinski definition) is 2. The first kappa shape index (κ1) is 13.2. The van der Waals surface area contributed by atoms with Gasteiger partial charge in [0, 0.05) is 26.1 Å². The van der Waals surface area contributed by atoms with Crippen molar-refractivity contribution in [3.8, 4) is 0 Å². The van der Waals surface area contributed by atoms with E-state index in [-0.39, 0.29) is 31.8 Å². The highest BCUT2D eigenvalue weighted by Gasteiger charge is 2.58. The number of nitrogens with zero attached hydrogens (tertiary/aromatic N) is 1. The second-order valence-electron chi connectivity index (χ2n) is 4.04. The number of aliphatic hydroxyl groups is 1. The summed E-state index contributed by atoms with van der Waals surface area (Å²) in [4.78, 5) is 12.5. The number of hydrogen-bond acceptors (Lipinski definition) is 3. The van der Waals surface area contributed by atoms with Crippen molar-refractivity contribution in [3.63, 3.8) is 0 Å². The van der Waals surface area contributed by atoms with Gasteiger partial charge in [-0.15, -0.1) is 0 Å². The van der Waals surface area contributed by atoms with Crippen molar-refractivity contribution in [2.24, 2.45) is 11.1 Å². The molecule has 1 amide bonds. The van der Waals surface area contributed by atoms with Crippen molar-refractivity contribution < 1.29 is 23.1 Å². The first-order valence-corrected chi connectivity index (χ1v) is 5.02. The number of carbonyl (C=O) groups is 1. The first-order valence-electron chi connectivity index (χ1n) is 5.02. The van der Waals surface area contributed by atoms with Crippen LogP contribution in [0.2, 0.25) is 0 Å². The minimum absolute atomic E-state index is 0.0267. The Labute approximate surface area is 91.2 Å². The van der Waals surface area contributed by atoms with E-state index in [1.165, 1.54) is 0 Å². The van der Waals surface area contributed by atoms with Crippen LogP contribution in [0.1, 0.15) is 12.8 Å². The van der Waals surface area contributed by atoms with Gasteiger partial charge in [-0.25, -0.2) is 0 Å². The Morgan fingerprint density at radius 1 is 1.50 bits per heavy atom. The zero-order valence-corrected chi connectivity index (χ0v) is 8.76. The summed E-state index contributed by atoms with van der Waals surface area (Å²) in [5, 5.41) is 8.90. The van der Waals surface area contributed by atoms with E-state index in [9.17, 15) is 18.0 Å². The van der Waals surface area contributed by atoms with Gasteiger partial charge in [-0.3, -0.25) is 4.79 Å². The number of nitrogens with two attached hydrogens (primary N) is 1. The lowest BCUT2D eigenvalue weighted by Crippen LogP contribution is -2.44. The predicted octanol–water partition coefficient (Wildman–Crippen LogP) is 0.108. The van der Waals surface area contributed by atoms with Crippen LogP contribution >= 0.6 is 0 Å². The van der Waals surface area contributed by atoms with E-state index in [0.717, 1.165) is 4.90 Å². The highest BCUT2D eigenvalue weighted by Crippen LogP contribution is 2.45. The lowest BCUT2D eigenvalue weighted by Gasteiger charge is -2.29. The molecule has 0 aromatic carbocycles. The van der Waals surface area contributed by atoms with Gasteiger partial charge in [0.25, 0.3) is 0 Å².